The van der Waals surface area contributed by atoms with E-state index in [9.17, 15) is 0 Å². The number of pyridine rings is 1. The van der Waals surface area contributed by atoms with Crippen LogP contribution in [0.3, 0.4) is 0 Å². The van der Waals surface area contributed by atoms with Gasteiger partial charge in [0.1, 0.15) is 5.82 Å². The summed E-state index contributed by atoms with van der Waals surface area (Å²) in [6, 6.07) is 4.11. The lowest BCUT2D eigenvalue weighted by molar-refractivity contribution is 0.545. The number of rotatable bonds is 9. The van der Waals surface area contributed by atoms with Crippen molar-refractivity contribution >= 4 is 11.5 Å². The van der Waals surface area contributed by atoms with Gasteiger partial charge in [-0.2, -0.15) is 0 Å². The van der Waals surface area contributed by atoms with Crippen LogP contribution in [0.4, 0.5) is 11.5 Å². The van der Waals surface area contributed by atoms with E-state index in [1.54, 1.807) is 0 Å². The highest BCUT2D eigenvalue weighted by Gasteiger charge is 1.97. The molecule has 0 spiro atoms. The molecule has 0 unspecified atom stereocenters. The highest BCUT2D eigenvalue weighted by Crippen LogP contribution is 2.12. The summed E-state index contributed by atoms with van der Waals surface area (Å²) in [6.45, 7) is 8.74. The first-order valence-corrected chi connectivity index (χ1v) is 7.16. The second-order valence-corrected chi connectivity index (χ2v) is 5.17. The molecule has 1 aromatic rings. The van der Waals surface area contributed by atoms with E-state index in [4.69, 9.17) is 0 Å². The van der Waals surface area contributed by atoms with Gasteiger partial charge in [0.25, 0.3) is 0 Å². The van der Waals surface area contributed by atoms with Gasteiger partial charge in [-0.05, 0) is 24.8 Å². The van der Waals surface area contributed by atoms with Crippen molar-refractivity contribution in [2.24, 2.45) is 5.92 Å². The van der Waals surface area contributed by atoms with Crippen LogP contribution in [0.1, 0.15) is 46.5 Å². The maximum Gasteiger partial charge on any atom is 0.127 e. The fourth-order valence-electron chi connectivity index (χ4n) is 1.80. The second kappa shape index (κ2) is 8.78. The van der Waals surface area contributed by atoms with Crippen LogP contribution in [0.5, 0.6) is 0 Å². The average Bonchev–Trinajstić information content (AvgIpc) is 2.36. The lowest BCUT2D eigenvalue weighted by Gasteiger charge is -2.09. The molecular weight excluding hydrogens is 222 g/mol. The third-order valence-corrected chi connectivity index (χ3v) is 2.85. The van der Waals surface area contributed by atoms with Crippen LogP contribution in [-0.2, 0) is 0 Å². The Labute approximate surface area is 111 Å². The molecule has 102 valence electrons. The summed E-state index contributed by atoms with van der Waals surface area (Å²) in [7, 11) is 0. The Hall–Kier alpha value is -1.25. The highest BCUT2D eigenvalue weighted by atomic mass is 15.0. The van der Waals surface area contributed by atoms with Gasteiger partial charge in [-0.15, -0.1) is 0 Å². The monoisotopic (exact) mass is 249 g/mol. The number of nitrogens with zero attached hydrogens (tertiary/aromatic N) is 1. The summed E-state index contributed by atoms with van der Waals surface area (Å²) in [5, 5.41) is 6.76. The molecule has 0 amide bonds. The quantitative estimate of drug-likeness (QED) is 0.646. The smallest absolute Gasteiger partial charge is 0.127 e. The zero-order valence-corrected chi connectivity index (χ0v) is 12.0. The topological polar surface area (TPSA) is 37.0 Å². The lowest BCUT2D eigenvalue weighted by atomic mass is 10.1. The zero-order chi connectivity index (χ0) is 13.2. The van der Waals surface area contributed by atoms with Gasteiger partial charge in [-0.1, -0.05) is 33.6 Å². The standard InChI is InChI=1S/C15H27N3/c1-4-9-17-15-12-14(8-11-18-15)16-10-6-5-7-13(2)3/h8,11-13H,4-7,9-10H2,1-3H3,(H2,16,17,18). The molecule has 0 saturated heterocycles. The van der Waals surface area contributed by atoms with E-state index in [-0.39, 0.29) is 0 Å². The van der Waals surface area contributed by atoms with Crippen molar-refractivity contribution in [1.82, 2.24) is 4.98 Å². The van der Waals surface area contributed by atoms with Gasteiger partial charge in [0, 0.05) is 31.0 Å². The van der Waals surface area contributed by atoms with Crippen LogP contribution in [0.2, 0.25) is 0 Å². The van der Waals surface area contributed by atoms with Crippen molar-refractivity contribution in [2.75, 3.05) is 23.7 Å². The second-order valence-electron chi connectivity index (χ2n) is 5.17. The predicted octanol–water partition coefficient (Wildman–Crippen LogP) is 4.14. The van der Waals surface area contributed by atoms with E-state index in [2.05, 4.69) is 42.5 Å². The van der Waals surface area contributed by atoms with Gasteiger partial charge in [-0.3, -0.25) is 0 Å². The Kier molecular flexibility index (Phi) is 7.23. The summed E-state index contributed by atoms with van der Waals surface area (Å²) in [5.74, 6) is 1.78. The molecular formula is C15H27N3. The molecule has 0 aliphatic rings. The average molecular weight is 249 g/mol. The number of aromatic nitrogens is 1. The zero-order valence-electron chi connectivity index (χ0n) is 12.0. The van der Waals surface area contributed by atoms with Crippen molar-refractivity contribution in [3.8, 4) is 0 Å². The Morgan fingerprint density at radius 3 is 2.72 bits per heavy atom. The predicted molar refractivity (Wildman–Crippen MR) is 80.2 cm³/mol. The SMILES string of the molecule is CCCNc1cc(NCCCCC(C)C)ccn1. The van der Waals surface area contributed by atoms with Crippen LogP contribution >= 0.6 is 0 Å². The van der Waals surface area contributed by atoms with Gasteiger partial charge in [0.05, 0.1) is 0 Å². The summed E-state index contributed by atoms with van der Waals surface area (Å²) < 4.78 is 0. The summed E-state index contributed by atoms with van der Waals surface area (Å²) in [6.07, 6.45) is 6.83. The maximum absolute atomic E-state index is 4.29. The molecule has 0 fully saturated rings. The van der Waals surface area contributed by atoms with Crippen LogP contribution in [0.25, 0.3) is 0 Å². The summed E-state index contributed by atoms with van der Waals surface area (Å²) in [4.78, 5) is 4.29. The molecule has 2 N–H and O–H groups in total. The molecule has 18 heavy (non-hydrogen) atoms. The summed E-state index contributed by atoms with van der Waals surface area (Å²) in [5.41, 5.74) is 1.16. The fraction of sp³-hybridized carbons (Fsp3) is 0.667. The molecule has 0 atom stereocenters. The Balaban J connectivity index is 2.24. The number of unbranched alkanes of at least 4 members (excludes halogenated alkanes) is 1. The highest BCUT2D eigenvalue weighted by molar-refractivity contribution is 5.51. The first-order valence-electron chi connectivity index (χ1n) is 7.16. The third-order valence-electron chi connectivity index (χ3n) is 2.85. The van der Waals surface area contributed by atoms with E-state index in [1.165, 1.54) is 19.3 Å². The van der Waals surface area contributed by atoms with Gasteiger partial charge in [0.15, 0.2) is 0 Å². The molecule has 1 aromatic heterocycles. The molecule has 3 heteroatoms. The van der Waals surface area contributed by atoms with E-state index < -0.39 is 0 Å². The van der Waals surface area contributed by atoms with Crippen molar-refractivity contribution in [3.05, 3.63) is 18.3 Å². The molecule has 0 radical (unpaired) electrons. The number of hydrogen-bond acceptors (Lipinski definition) is 3. The molecule has 1 rings (SSSR count). The van der Waals surface area contributed by atoms with Gasteiger partial charge in [-0.25, -0.2) is 4.98 Å². The maximum atomic E-state index is 4.29. The van der Waals surface area contributed by atoms with Crippen LogP contribution in [-0.4, -0.2) is 18.1 Å². The first kappa shape index (κ1) is 14.8. The van der Waals surface area contributed by atoms with E-state index in [0.717, 1.165) is 36.9 Å². The molecule has 0 bridgehead atoms. The van der Waals surface area contributed by atoms with Crippen LogP contribution in [0.15, 0.2) is 18.3 Å². The third kappa shape index (κ3) is 6.48. The fourth-order valence-corrected chi connectivity index (χ4v) is 1.80. The Bertz CT molecular complexity index is 323. The van der Waals surface area contributed by atoms with E-state index >= 15 is 0 Å². The van der Waals surface area contributed by atoms with Gasteiger partial charge < -0.3 is 10.6 Å². The van der Waals surface area contributed by atoms with Gasteiger partial charge >= 0.3 is 0 Å². The number of nitrogens with one attached hydrogen (secondary N) is 2. The van der Waals surface area contributed by atoms with Crippen LogP contribution in [0, 0.1) is 5.92 Å². The van der Waals surface area contributed by atoms with E-state index in [0.29, 0.717) is 0 Å². The normalized spacial score (nSPS) is 10.7. The van der Waals surface area contributed by atoms with Crippen molar-refractivity contribution < 1.29 is 0 Å². The number of anilines is 2. The lowest BCUT2D eigenvalue weighted by Crippen LogP contribution is -2.05. The first-order chi connectivity index (χ1) is 8.72. The molecule has 1 heterocycles. The summed E-state index contributed by atoms with van der Waals surface area (Å²) >= 11 is 0. The molecule has 0 aliphatic carbocycles. The van der Waals surface area contributed by atoms with Gasteiger partial charge in [0.2, 0.25) is 0 Å². The van der Waals surface area contributed by atoms with Crippen LogP contribution < -0.4 is 10.6 Å². The molecule has 3 nitrogen and oxygen atoms in total. The minimum absolute atomic E-state index is 0.816. The number of hydrogen-bond donors (Lipinski definition) is 2. The van der Waals surface area contributed by atoms with E-state index in [1.807, 2.05) is 12.3 Å². The molecule has 0 aromatic carbocycles. The molecule has 0 aliphatic heterocycles. The molecule has 0 saturated carbocycles. The largest absolute Gasteiger partial charge is 0.385 e. The Morgan fingerprint density at radius 2 is 2.00 bits per heavy atom. The van der Waals surface area contributed by atoms with Crippen molar-refractivity contribution in [2.45, 2.75) is 46.5 Å². The van der Waals surface area contributed by atoms with Crippen molar-refractivity contribution in [3.63, 3.8) is 0 Å². The van der Waals surface area contributed by atoms with Crippen molar-refractivity contribution in [1.29, 1.82) is 0 Å². The minimum Gasteiger partial charge on any atom is -0.385 e. The minimum atomic E-state index is 0.816. The Morgan fingerprint density at radius 1 is 1.17 bits per heavy atom.